The molecular weight excluding hydrogens is 200 g/mol. The molecule has 0 aliphatic heterocycles. The molecule has 0 spiro atoms. The highest BCUT2D eigenvalue weighted by Gasteiger charge is 2.15. The normalized spacial score (nSPS) is 12.6. The van der Waals surface area contributed by atoms with Gasteiger partial charge < -0.3 is 11.1 Å². The zero-order chi connectivity index (χ0) is 12.1. The van der Waals surface area contributed by atoms with Gasteiger partial charge >= 0.3 is 0 Å². The molecule has 16 heavy (non-hydrogen) atoms. The average Bonchev–Trinajstić information content (AvgIpc) is 2.20. The summed E-state index contributed by atoms with van der Waals surface area (Å²) in [5.41, 5.74) is 7.69. The predicted octanol–water partition coefficient (Wildman–Crippen LogP) is 2.31. The number of carbonyl (C=O) groups excluding carboxylic acids is 1. The summed E-state index contributed by atoms with van der Waals surface area (Å²) in [6, 6.07) is 7.26. The molecule has 1 aromatic rings. The van der Waals surface area contributed by atoms with Gasteiger partial charge in [-0.2, -0.15) is 0 Å². The fourth-order valence-corrected chi connectivity index (χ4v) is 1.55. The van der Waals surface area contributed by atoms with Gasteiger partial charge in [0.15, 0.2) is 0 Å². The van der Waals surface area contributed by atoms with Gasteiger partial charge in [-0.3, -0.25) is 4.79 Å². The number of amides is 1. The number of nitrogens with two attached hydrogens (primary N) is 1. The fraction of sp³-hybridized carbons (Fsp3) is 0.462. The minimum atomic E-state index is -0.431. The second kappa shape index (κ2) is 5.66. The second-order valence-electron chi connectivity index (χ2n) is 4.54. The van der Waals surface area contributed by atoms with Crippen molar-refractivity contribution >= 4 is 11.6 Å². The highest BCUT2D eigenvalue weighted by Crippen LogP contribution is 2.14. The SMILES string of the molecule is Cc1ccccc1NC(=O)[C@@H](N)CC(C)C. The number of hydrogen-bond donors (Lipinski definition) is 2. The number of carbonyl (C=O) groups is 1. The summed E-state index contributed by atoms with van der Waals surface area (Å²) in [4.78, 5) is 11.8. The van der Waals surface area contributed by atoms with Gasteiger partial charge in [-0.25, -0.2) is 0 Å². The molecule has 1 aromatic carbocycles. The Morgan fingerprint density at radius 3 is 2.56 bits per heavy atom. The third-order valence-electron chi connectivity index (χ3n) is 2.47. The van der Waals surface area contributed by atoms with Crippen LogP contribution in [0.2, 0.25) is 0 Å². The van der Waals surface area contributed by atoms with Crippen LogP contribution < -0.4 is 11.1 Å². The summed E-state index contributed by atoms with van der Waals surface area (Å²) >= 11 is 0. The van der Waals surface area contributed by atoms with Crippen molar-refractivity contribution in [3.05, 3.63) is 29.8 Å². The van der Waals surface area contributed by atoms with E-state index in [1.807, 2.05) is 31.2 Å². The van der Waals surface area contributed by atoms with E-state index < -0.39 is 6.04 Å². The Balaban J connectivity index is 2.61. The quantitative estimate of drug-likeness (QED) is 0.818. The second-order valence-corrected chi connectivity index (χ2v) is 4.54. The number of hydrogen-bond acceptors (Lipinski definition) is 2. The van der Waals surface area contributed by atoms with Crippen LogP contribution in [0.4, 0.5) is 5.69 Å². The summed E-state index contributed by atoms with van der Waals surface area (Å²) in [6.45, 7) is 6.07. The first kappa shape index (κ1) is 12.7. The standard InChI is InChI=1S/C13H20N2O/c1-9(2)8-11(14)13(16)15-12-7-5-4-6-10(12)3/h4-7,9,11H,8,14H2,1-3H3,(H,15,16)/t11-/m0/s1. The third-order valence-corrected chi connectivity index (χ3v) is 2.47. The topological polar surface area (TPSA) is 55.1 Å². The van der Waals surface area contributed by atoms with Crippen molar-refractivity contribution in [2.24, 2.45) is 11.7 Å². The zero-order valence-electron chi connectivity index (χ0n) is 10.2. The molecule has 0 saturated carbocycles. The lowest BCUT2D eigenvalue weighted by molar-refractivity contribution is -0.117. The van der Waals surface area contributed by atoms with Crippen LogP contribution in [0.5, 0.6) is 0 Å². The van der Waals surface area contributed by atoms with E-state index in [4.69, 9.17) is 5.73 Å². The molecule has 88 valence electrons. The molecule has 3 N–H and O–H groups in total. The molecule has 0 fully saturated rings. The van der Waals surface area contributed by atoms with E-state index in [1.54, 1.807) is 0 Å². The first-order chi connectivity index (χ1) is 7.50. The van der Waals surface area contributed by atoms with E-state index in [1.165, 1.54) is 0 Å². The minimum absolute atomic E-state index is 0.108. The Labute approximate surface area is 97.0 Å². The van der Waals surface area contributed by atoms with Crippen LogP contribution in [-0.2, 0) is 4.79 Å². The highest BCUT2D eigenvalue weighted by atomic mass is 16.2. The molecule has 0 unspecified atom stereocenters. The molecular formula is C13H20N2O. The smallest absolute Gasteiger partial charge is 0.241 e. The lowest BCUT2D eigenvalue weighted by Gasteiger charge is -2.15. The van der Waals surface area contributed by atoms with Crippen molar-refractivity contribution in [3.63, 3.8) is 0 Å². The Morgan fingerprint density at radius 1 is 1.38 bits per heavy atom. The van der Waals surface area contributed by atoms with E-state index in [9.17, 15) is 4.79 Å². The molecule has 3 nitrogen and oxygen atoms in total. The molecule has 0 saturated heterocycles. The van der Waals surface area contributed by atoms with Gasteiger partial charge in [0.05, 0.1) is 6.04 Å². The van der Waals surface area contributed by atoms with E-state index in [0.29, 0.717) is 12.3 Å². The van der Waals surface area contributed by atoms with Gasteiger partial charge in [0.2, 0.25) is 5.91 Å². The molecule has 0 aliphatic rings. The van der Waals surface area contributed by atoms with Crippen molar-refractivity contribution in [1.29, 1.82) is 0 Å². The monoisotopic (exact) mass is 220 g/mol. The van der Waals surface area contributed by atoms with E-state index >= 15 is 0 Å². The van der Waals surface area contributed by atoms with Gasteiger partial charge in [-0.05, 0) is 30.9 Å². The maximum Gasteiger partial charge on any atom is 0.241 e. The van der Waals surface area contributed by atoms with Crippen LogP contribution in [0, 0.1) is 12.8 Å². The molecule has 1 amide bonds. The average molecular weight is 220 g/mol. The number of anilines is 1. The molecule has 1 rings (SSSR count). The molecule has 0 heterocycles. The molecule has 0 aromatic heterocycles. The van der Waals surface area contributed by atoms with E-state index in [-0.39, 0.29) is 5.91 Å². The summed E-state index contributed by atoms with van der Waals surface area (Å²) in [6.07, 6.45) is 0.706. The van der Waals surface area contributed by atoms with Crippen molar-refractivity contribution in [1.82, 2.24) is 0 Å². The molecule has 1 atom stereocenters. The summed E-state index contributed by atoms with van der Waals surface area (Å²) in [7, 11) is 0. The number of rotatable bonds is 4. The number of nitrogens with one attached hydrogen (secondary N) is 1. The Morgan fingerprint density at radius 2 is 2.00 bits per heavy atom. The Bertz CT molecular complexity index is 361. The summed E-state index contributed by atoms with van der Waals surface area (Å²) in [5.74, 6) is 0.320. The van der Waals surface area contributed by atoms with Gasteiger partial charge in [0.25, 0.3) is 0 Å². The number of aryl methyl sites for hydroxylation is 1. The number of para-hydroxylation sites is 1. The van der Waals surface area contributed by atoms with Gasteiger partial charge in [-0.1, -0.05) is 32.0 Å². The van der Waals surface area contributed by atoms with Crippen molar-refractivity contribution < 1.29 is 4.79 Å². The van der Waals surface area contributed by atoms with Gasteiger partial charge in [-0.15, -0.1) is 0 Å². The highest BCUT2D eigenvalue weighted by molar-refractivity contribution is 5.95. The molecule has 0 bridgehead atoms. The third kappa shape index (κ3) is 3.66. The van der Waals surface area contributed by atoms with Crippen molar-refractivity contribution in [3.8, 4) is 0 Å². The van der Waals surface area contributed by atoms with Crippen LogP contribution in [-0.4, -0.2) is 11.9 Å². The van der Waals surface area contributed by atoms with Crippen LogP contribution in [0.15, 0.2) is 24.3 Å². The van der Waals surface area contributed by atoms with Crippen LogP contribution >= 0.6 is 0 Å². The maximum absolute atomic E-state index is 11.8. The van der Waals surface area contributed by atoms with Crippen molar-refractivity contribution in [2.45, 2.75) is 33.2 Å². The van der Waals surface area contributed by atoms with Crippen LogP contribution in [0.25, 0.3) is 0 Å². The minimum Gasteiger partial charge on any atom is -0.324 e. The Hall–Kier alpha value is -1.35. The van der Waals surface area contributed by atoms with Gasteiger partial charge in [0, 0.05) is 5.69 Å². The Kier molecular flexibility index (Phi) is 4.50. The first-order valence-corrected chi connectivity index (χ1v) is 5.62. The van der Waals surface area contributed by atoms with Gasteiger partial charge in [0.1, 0.15) is 0 Å². The summed E-state index contributed by atoms with van der Waals surface area (Å²) in [5, 5.41) is 2.85. The first-order valence-electron chi connectivity index (χ1n) is 5.62. The molecule has 3 heteroatoms. The maximum atomic E-state index is 11.8. The van der Waals surface area contributed by atoms with E-state index in [0.717, 1.165) is 11.3 Å². The van der Waals surface area contributed by atoms with Crippen LogP contribution in [0.3, 0.4) is 0 Å². The van der Waals surface area contributed by atoms with Crippen LogP contribution in [0.1, 0.15) is 25.8 Å². The van der Waals surface area contributed by atoms with E-state index in [2.05, 4.69) is 19.2 Å². The lowest BCUT2D eigenvalue weighted by Crippen LogP contribution is -2.36. The molecule has 0 radical (unpaired) electrons. The largest absolute Gasteiger partial charge is 0.324 e. The number of benzene rings is 1. The fourth-order valence-electron chi connectivity index (χ4n) is 1.55. The predicted molar refractivity (Wildman–Crippen MR) is 67.2 cm³/mol. The zero-order valence-corrected chi connectivity index (χ0v) is 10.2. The lowest BCUT2D eigenvalue weighted by atomic mass is 10.0. The van der Waals surface area contributed by atoms with Crippen molar-refractivity contribution in [2.75, 3.05) is 5.32 Å². The molecule has 0 aliphatic carbocycles. The summed E-state index contributed by atoms with van der Waals surface area (Å²) < 4.78 is 0.